The zero-order valence-electron chi connectivity index (χ0n) is 21.2. The predicted octanol–water partition coefficient (Wildman–Crippen LogP) is 5.42. The van der Waals surface area contributed by atoms with Crippen molar-refractivity contribution in [2.24, 2.45) is 35.5 Å². The van der Waals surface area contributed by atoms with Gasteiger partial charge in [-0.3, -0.25) is 4.79 Å². The van der Waals surface area contributed by atoms with Gasteiger partial charge in [-0.1, -0.05) is 61.0 Å². The lowest BCUT2D eigenvalue weighted by Gasteiger charge is -2.30. The van der Waals surface area contributed by atoms with Gasteiger partial charge in [0, 0.05) is 45.2 Å². The normalized spacial score (nSPS) is 29.3. The van der Waals surface area contributed by atoms with Gasteiger partial charge in [-0.15, -0.1) is 0 Å². The molecular weight excluding hydrogens is 372 g/mol. The van der Waals surface area contributed by atoms with E-state index < -0.39 is 0 Å². The Labute approximate surface area is 187 Å². The van der Waals surface area contributed by atoms with Crippen LogP contribution in [0.2, 0.25) is 0 Å². The van der Waals surface area contributed by atoms with E-state index in [-0.39, 0.29) is 6.10 Å². The van der Waals surface area contributed by atoms with Crippen molar-refractivity contribution >= 4 is 5.91 Å². The molecule has 4 heteroatoms. The van der Waals surface area contributed by atoms with E-state index in [4.69, 9.17) is 0 Å². The third kappa shape index (κ3) is 8.24. The second-order valence-electron chi connectivity index (χ2n) is 10.8. The number of aliphatic hydroxyl groups is 1. The SMILES string of the molecule is C=C1C(C(C)C)CCN1C.CC(C)C1CC(=O)N(C)C1.CC(C)C1CCCCC1O. The van der Waals surface area contributed by atoms with Gasteiger partial charge in [0.05, 0.1) is 6.10 Å². The van der Waals surface area contributed by atoms with Crippen LogP contribution >= 0.6 is 0 Å². The Morgan fingerprint density at radius 3 is 1.77 bits per heavy atom. The number of carbonyl (C=O) groups excluding carboxylic acids is 1. The number of likely N-dealkylation sites (tertiary alicyclic amines) is 2. The lowest BCUT2D eigenvalue weighted by molar-refractivity contribution is -0.126. The smallest absolute Gasteiger partial charge is 0.222 e. The minimum absolute atomic E-state index is 0.00579. The van der Waals surface area contributed by atoms with E-state index in [0.29, 0.717) is 29.6 Å². The van der Waals surface area contributed by atoms with E-state index in [1.165, 1.54) is 37.9 Å². The molecule has 2 saturated heterocycles. The lowest BCUT2D eigenvalue weighted by atomic mass is 9.79. The van der Waals surface area contributed by atoms with Crippen LogP contribution in [0.25, 0.3) is 0 Å². The van der Waals surface area contributed by atoms with E-state index in [1.807, 2.05) is 11.9 Å². The molecule has 176 valence electrons. The molecular formula is C26H50N2O2. The molecule has 0 bridgehead atoms. The molecule has 0 aromatic heterocycles. The van der Waals surface area contributed by atoms with Crippen molar-refractivity contribution in [1.29, 1.82) is 0 Å². The van der Waals surface area contributed by atoms with Crippen LogP contribution in [0.1, 0.15) is 80.1 Å². The topological polar surface area (TPSA) is 43.8 Å². The molecule has 0 aromatic rings. The summed E-state index contributed by atoms with van der Waals surface area (Å²) in [6.07, 6.45) is 6.86. The van der Waals surface area contributed by atoms with Crippen molar-refractivity contribution in [2.75, 3.05) is 27.2 Å². The molecule has 1 amide bonds. The fraction of sp³-hybridized carbons (Fsp3) is 0.885. The molecule has 0 aromatic carbocycles. The van der Waals surface area contributed by atoms with Crippen LogP contribution in [-0.4, -0.2) is 54.1 Å². The Kier molecular flexibility index (Phi) is 11.5. The van der Waals surface area contributed by atoms with Gasteiger partial charge in [-0.25, -0.2) is 0 Å². The first-order valence-electron chi connectivity index (χ1n) is 12.3. The maximum atomic E-state index is 11.0. The summed E-state index contributed by atoms with van der Waals surface area (Å²) >= 11 is 0. The first-order valence-corrected chi connectivity index (χ1v) is 12.3. The first kappa shape index (κ1) is 27.0. The van der Waals surface area contributed by atoms with Crippen molar-refractivity contribution in [1.82, 2.24) is 9.80 Å². The fourth-order valence-electron chi connectivity index (χ4n) is 4.91. The van der Waals surface area contributed by atoms with Crippen LogP contribution in [0.4, 0.5) is 0 Å². The van der Waals surface area contributed by atoms with Gasteiger partial charge in [-0.05, 0) is 48.9 Å². The number of hydrogen-bond donors (Lipinski definition) is 1. The maximum Gasteiger partial charge on any atom is 0.222 e. The third-order valence-corrected chi connectivity index (χ3v) is 7.45. The molecule has 4 atom stereocenters. The van der Waals surface area contributed by atoms with Crippen LogP contribution in [0, 0.1) is 35.5 Å². The molecule has 30 heavy (non-hydrogen) atoms. The van der Waals surface area contributed by atoms with Crippen molar-refractivity contribution in [2.45, 2.75) is 86.2 Å². The van der Waals surface area contributed by atoms with Crippen LogP contribution in [-0.2, 0) is 4.79 Å². The van der Waals surface area contributed by atoms with E-state index in [0.717, 1.165) is 31.2 Å². The highest BCUT2D eigenvalue weighted by atomic mass is 16.3. The van der Waals surface area contributed by atoms with Crippen LogP contribution in [0.3, 0.4) is 0 Å². The standard InChI is InChI=1S/C9H17N.C9H18O.C8H15NO/c1-7(2)9-5-6-10(4)8(9)3;1-7(2)8-5-3-4-6-9(8)10;1-6(2)7-4-8(10)9(3)5-7/h7,9H,3,5-6H2,1-2,4H3;7-10H,3-6H2,1-2H3;6-7H,4-5H2,1-3H3. The molecule has 1 aliphatic carbocycles. The monoisotopic (exact) mass is 422 g/mol. The van der Waals surface area contributed by atoms with Gasteiger partial charge in [0.25, 0.3) is 0 Å². The maximum absolute atomic E-state index is 11.0. The van der Waals surface area contributed by atoms with E-state index in [1.54, 1.807) is 0 Å². The minimum atomic E-state index is -0.00579. The third-order valence-electron chi connectivity index (χ3n) is 7.45. The summed E-state index contributed by atoms with van der Waals surface area (Å²) < 4.78 is 0. The molecule has 0 radical (unpaired) electrons. The molecule has 0 spiro atoms. The zero-order valence-corrected chi connectivity index (χ0v) is 21.2. The summed E-state index contributed by atoms with van der Waals surface area (Å²) in [7, 11) is 4.01. The largest absolute Gasteiger partial charge is 0.393 e. The van der Waals surface area contributed by atoms with Crippen LogP contribution in [0.15, 0.2) is 12.3 Å². The first-order chi connectivity index (χ1) is 14.0. The van der Waals surface area contributed by atoms with E-state index in [2.05, 4.69) is 60.1 Å². The van der Waals surface area contributed by atoms with Gasteiger partial charge in [-0.2, -0.15) is 0 Å². The van der Waals surface area contributed by atoms with Crippen LogP contribution in [0.5, 0.6) is 0 Å². The number of carbonyl (C=O) groups is 1. The number of hydrogen-bond acceptors (Lipinski definition) is 3. The van der Waals surface area contributed by atoms with Gasteiger partial charge >= 0.3 is 0 Å². The number of aliphatic hydroxyl groups excluding tert-OH is 1. The minimum Gasteiger partial charge on any atom is -0.393 e. The number of allylic oxidation sites excluding steroid dienone is 1. The summed E-state index contributed by atoms with van der Waals surface area (Å²) in [5.41, 5.74) is 1.33. The molecule has 3 aliphatic rings. The number of rotatable bonds is 3. The number of nitrogens with zero attached hydrogens (tertiary/aromatic N) is 2. The second kappa shape index (κ2) is 12.7. The highest BCUT2D eigenvalue weighted by molar-refractivity contribution is 5.78. The summed E-state index contributed by atoms with van der Waals surface area (Å²) in [5, 5.41) is 9.54. The molecule has 4 unspecified atom stereocenters. The van der Waals surface area contributed by atoms with Gasteiger partial charge < -0.3 is 14.9 Å². The summed E-state index contributed by atoms with van der Waals surface area (Å²) in [6, 6.07) is 0. The molecule has 1 N–H and O–H groups in total. The molecule has 1 saturated carbocycles. The zero-order chi connectivity index (χ0) is 23.0. The van der Waals surface area contributed by atoms with Crippen LogP contribution < -0.4 is 0 Å². The molecule has 2 aliphatic heterocycles. The molecule has 2 heterocycles. The fourth-order valence-corrected chi connectivity index (χ4v) is 4.91. The lowest BCUT2D eigenvalue weighted by Crippen LogP contribution is -2.28. The van der Waals surface area contributed by atoms with Crippen molar-refractivity contribution in [3.8, 4) is 0 Å². The number of amides is 1. The van der Waals surface area contributed by atoms with Crippen molar-refractivity contribution in [3.05, 3.63) is 12.3 Å². The Balaban J connectivity index is 0.000000225. The summed E-state index contributed by atoms with van der Waals surface area (Å²) in [5.74, 6) is 4.29. The average Bonchev–Trinajstić information content (AvgIpc) is 3.18. The average molecular weight is 423 g/mol. The highest BCUT2D eigenvalue weighted by Gasteiger charge is 2.28. The second-order valence-corrected chi connectivity index (χ2v) is 10.8. The molecule has 4 nitrogen and oxygen atoms in total. The quantitative estimate of drug-likeness (QED) is 0.660. The predicted molar refractivity (Wildman–Crippen MR) is 128 cm³/mol. The molecule has 3 rings (SSSR count). The van der Waals surface area contributed by atoms with Gasteiger partial charge in [0.2, 0.25) is 5.91 Å². The van der Waals surface area contributed by atoms with Crippen molar-refractivity contribution < 1.29 is 9.90 Å². The summed E-state index contributed by atoms with van der Waals surface area (Å²) in [4.78, 5) is 15.1. The van der Waals surface area contributed by atoms with E-state index >= 15 is 0 Å². The Morgan fingerprint density at radius 2 is 1.50 bits per heavy atom. The van der Waals surface area contributed by atoms with Gasteiger partial charge in [0.15, 0.2) is 0 Å². The van der Waals surface area contributed by atoms with Gasteiger partial charge in [0.1, 0.15) is 0 Å². The summed E-state index contributed by atoms with van der Waals surface area (Å²) in [6.45, 7) is 19.5. The molecule has 3 fully saturated rings. The van der Waals surface area contributed by atoms with E-state index in [9.17, 15) is 9.90 Å². The Hall–Kier alpha value is -1.03. The highest BCUT2D eigenvalue weighted by Crippen LogP contribution is 2.31. The Morgan fingerprint density at radius 1 is 0.900 bits per heavy atom. The van der Waals surface area contributed by atoms with Crippen molar-refractivity contribution in [3.63, 3.8) is 0 Å². The Bertz CT molecular complexity index is 529.